The molecule has 0 aliphatic rings. The quantitative estimate of drug-likeness (QED) is 0.181. The molecule has 29 heavy (non-hydrogen) atoms. The second kappa shape index (κ2) is 13.3. The number of benzene rings is 1. The zero-order valence-electron chi connectivity index (χ0n) is 16.9. The van der Waals surface area contributed by atoms with Crippen LogP contribution in [0.25, 0.3) is 0 Å². The van der Waals surface area contributed by atoms with Gasteiger partial charge in [-0.05, 0) is 48.6 Å². The van der Waals surface area contributed by atoms with E-state index in [0.717, 1.165) is 49.3 Å². The Labute approximate surface area is 218 Å². The molecule has 0 amide bonds. The van der Waals surface area contributed by atoms with Crippen LogP contribution in [-0.4, -0.2) is 18.1 Å². The van der Waals surface area contributed by atoms with Gasteiger partial charge in [0.2, 0.25) is 0 Å². The average molecular weight is 483 g/mol. The molecular formula is C20H28F5KOS2. The van der Waals surface area contributed by atoms with E-state index >= 15 is 0 Å². The molecule has 0 aliphatic heterocycles. The first-order chi connectivity index (χ1) is 13.0. The van der Waals surface area contributed by atoms with E-state index in [1.165, 1.54) is 25.7 Å². The number of hydrogen-bond acceptors (Lipinski definition) is 2. The smallest absolute Gasteiger partial charge is 0.854 e. The van der Waals surface area contributed by atoms with Crippen LogP contribution < -0.4 is 56.5 Å². The Balaban J connectivity index is 0.00000784. The van der Waals surface area contributed by atoms with Crippen LogP contribution in [0.2, 0.25) is 0 Å². The average Bonchev–Trinajstić information content (AvgIpc) is 2.60. The first-order valence-corrected chi connectivity index (χ1v) is 12.6. The van der Waals surface area contributed by atoms with Crippen molar-refractivity contribution in [1.29, 1.82) is 0 Å². The minimum Gasteiger partial charge on any atom is -0.854 e. The zero-order chi connectivity index (χ0) is 21.0. The van der Waals surface area contributed by atoms with Crippen molar-refractivity contribution in [1.82, 2.24) is 0 Å². The maximum Gasteiger partial charge on any atom is 1.00 e. The van der Waals surface area contributed by atoms with E-state index in [0.29, 0.717) is 24.1 Å². The van der Waals surface area contributed by atoms with Crippen molar-refractivity contribution in [2.75, 3.05) is 18.1 Å². The molecule has 0 unspecified atom stereocenters. The number of unbranched alkanes of at least 4 members (excludes halogenated alkanes) is 7. The number of thioether (sulfide) groups is 1. The first kappa shape index (κ1) is 29.7. The fourth-order valence-corrected chi connectivity index (χ4v) is 4.11. The maximum absolute atomic E-state index is 12.6. The first-order valence-electron chi connectivity index (χ1n) is 9.52. The van der Waals surface area contributed by atoms with Gasteiger partial charge < -0.3 is 5.11 Å². The number of hydrogen-bond donors (Lipinski definition) is 0. The molecule has 1 nitrogen and oxygen atoms in total. The third kappa shape index (κ3) is 15.2. The summed E-state index contributed by atoms with van der Waals surface area (Å²) in [6.07, 6.45) is 9.26. The fraction of sp³-hybridized carbons (Fsp3) is 0.600. The molecule has 0 heterocycles. The summed E-state index contributed by atoms with van der Waals surface area (Å²) in [5.41, 5.74) is 0.304. The second-order valence-corrected chi connectivity index (χ2v) is 10.3. The molecule has 9 heteroatoms. The predicted octanol–water partition coefficient (Wildman–Crippen LogP) is 4.30. The van der Waals surface area contributed by atoms with Gasteiger partial charge in [0, 0.05) is 12.0 Å². The summed E-state index contributed by atoms with van der Waals surface area (Å²) < 4.78 is 63.1. The van der Waals surface area contributed by atoms with Crippen molar-refractivity contribution in [3.63, 3.8) is 0 Å². The summed E-state index contributed by atoms with van der Waals surface area (Å²) in [5.74, 6) is 7.68. The summed E-state index contributed by atoms with van der Waals surface area (Å²) in [7, 11) is -9.60. The van der Waals surface area contributed by atoms with E-state index in [-0.39, 0.29) is 58.0 Å². The Bertz CT molecular complexity index is 639. The van der Waals surface area contributed by atoms with Crippen molar-refractivity contribution in [3.8, 4) is 11.8 Å². The van der Waals surface area contributed by atoms with Gasteiger partial charge in [0.25, 0.3) is 0 Å². The molecule has 0 saturated heterocycles. The van der Waals surface area contributed by atoms with Gasteiger partial charge in [0.1, 0.15) is 4.90 Å². The zero-order valence-corrected chi connectivity index (χ0v) is 21.7. The van der Waals surface area contributed by atoms with Gasteiger partial charge in [0.15, 0.2) is 0 Å². The molecule has 0 aromatic heterocycles. The Morgan fingerprint density at radius 2 is 1.28 bits per heavy atom. The van der Waals surface area contributed by atoms with Crippen LogP contribution >= 0.6 is 22.0 Å². The summed E-state index contributed by atoms with van der Waals surface area (Å²) in [4.78, 5) is -1.88. The molecule has 0 saturated carbocycles. The Morgan fingerprint density at radius 1 is 0.759 bits per heavy atom. The molecule has 1 rings (SSSR count). The predicted molar refractivity (Wildman–Crippen MR) is 108 cm³/mol. The molecule has 0 fully saturated rings. The van der Waals surface area contributed by atoms with Gasteiger partial charge in [-0.1, -0.05) is 69.8 Å². The molecule has 1 aromatic rings. The summed E-state index contributed by atoms with van der Waals surface area (Å²) in [6, 6.07) is 2.76. The van der Waals surface area contributed by atoms with Gasteiger partial charge in [0.05, 0.1) is 0 Å². The molecule has 0 radical (unpaired) electrons. The molecule has 0 N–H and O–H groups in total. The van der Waals surface area contributed by atoms with E-state index in [1.54, 1.807) is 0 Å². The molecule has 0 aliphatic carbocycles. The summed E-state index contributed by atoms with van der Waals surface area (Å²) in [6.45, 7) is 0.0155. The summed E-state index contributed by atoms with van der Waals surface area (Å²) >= 11 is 1.85. The van der Waals surface area contributed by atoms with E-state index in [2.05, 4.69) is 11.8 Å². The summed E-state index contributed by atoms with van der Waals surface area (Å²) in [5, 5.41) is 10.3. The van der Waals surface area contributed by atoms with Gasteiger partial charge in [-0.25, -0.2) is 0 Å². The van der Waals surface area contributed by atoms with E-state index < -0.39 is 15.1 Å². The normalized spacial score (nSPS) is 13.6. The van der Waals surface area contributed by atoms with Gasteiger partial charge >= 0.3 is 61.6 Å². The number of halogens is 5. The van der Waals surface area contributed by atoms with Crippen molar-refractivity contribution in [2.45, 2.75) is 62.7 Å². The minimum atomic E-state index is -9.60. The van der Waals surface area contributed by atoms with Crippen LogP contribution in [0.3, 0.4) is 0 Å². The van der Waals surface area contributed by atoms with Crippen LogP contribution in [-0.2, 0) is 0 Å². The van der Waals surface area contributed by atoms with Gasteiger partial charge in [-0.15, -0.1) is 6.61 Å². The van der Waals surface area contributed by atoms with Crippen molar-refractivity contribution in [3.05, 3.63) is 29.8 Å². The SMILES string of the molecule is [K+].[O-]CCCSCCCCCCCCCC#Cc1ccc(S(F)(F)(F)(F)F)cc1. The Hall–Kier alpha value is 0.726. The maximum atomic E-state index is 12.6. The fourth-order valence-electron chi connectivity index (χ4n) is 2.52. The van der Waals surface area contributed by atoms with Crippen LogP contribution in [0, 0.1) is 11.8 Å². The van der Waals surface area contributed by atoms with Crippen molar-refractivity contribution < 1.29 is 75.9 Å². The van der Waals surface area contributed by atoms with Crippen LogP contribution in [0.1, 0.15) is 63.4 Å². The molecule has 0 atom stereocenters. The third-order valence-electron chi connectivity index (χ3n) is 4.06. The molecule has 162 valence electrons. The Kier molecular flexibility index (Phi) is 13.6. The topological polar surface area (TPSA) is 23.1 Å². The second-order valence-electron chi connectivity index (χ2n) is 6.69. The third-order valence-corrected chi connectivity index (χ3v) is 6.37. The van der Waals surface area contributed by atoms with Crippen molar-refractivity contribution >= 4 is 22.0 Å². The van der Waals surface area contributed by atoms with Crippen molar-refractivity contribution in [2.24, 2.45) is 0 Å². The van der Waals surface area contributed by atoms with Crippen LogP contribution in [0.15, 0.2) is 29.2 Å². The monoisotopic (exact) mass is 482 g/mol. The van der Waals surface area contributed by atoms with Crippen LogP contribution in [0.4, 0.5) is 19.4 Å². The van der Waals surface area contributed by atoms with Crippen LogP contribution in [0.5, 0.6) is 0 Å². The molecule has 0 bridgehead atoms. The molecule has 1 aromatic carbocycles. The van der Waals surface area contributed by atoms with Gasteiger partial charge in [-0.2, -0.15) is 11.8 Å². The van der Waals surface area contributed by atoms with E-state index in [9.17, 15) is 24.5 Å². The van der Waals surface area contributed by atoms with E-state index in [1.807, 2.05) is 11.8 Å². The molecule has 0 spiro atoms. The Morgan fingerprint density at radius 3 is 1.83 bits per heavy atom. The number of rotatable bonds is 13. The van der Waals surface area contributed by atoms with Gasteiger partial charge in [-0.3, -0.25) is 0 Å². The van der Waals surface area contributed by atoms with E-state index in [4.69, 9.17) is 0 Å². The molecular weight excluding hydrogens is 454 g/mol. The minimum absolute atomic E-state index is 0. The standard InChI is InChI=1S/C20H28F5OS2.K/c21-28(22,23,24,25)20-14-12-19(13-15-20)11-8-6-4-2-1-3-5-7-9-17-27-18-10-16-26;/h12-15H,1-7,9-10,16-18H2;/q-1;+1. The largest absolute Gasteiger partial charge is 1.00 e.